The monoisotopic (exact) mass is 671 g/mol. The standard InChI is InChI=1S/C33H32Cl3N3O4S/c1-2-19-37-33(41)31(21-24-11-5-3-6-12-24)38(22-25-17-18-27(34)29(36)20-25)32(40)23-39(30-16-10-9-15-28(30)35)44(42,43)26-13-7-4-8-14-26/h3-18,20,31H,2,19,21-23H2,1H3,(H,37,41)/t31-/m1/s1. The number of benzene rings is 4. The van der Waals surface area contributed by atoms with Crippen LogP contribution in [0.2, 0.25) is 15.1 Å². The normalized spacial score (nSPS) is 11.9. The summed E-state index contributed by atoms with van der Waals surface area (Å²) in [5.41, 5.74) is 1.58. The molecule has 0 aliphatic heterocycles. The summed E-state index contributed by atoms with van der Waals surface area (Å²) in [4.78, 5) is 29.5. The van der Waals surface area contributed by atoms with Gasteiger partial charge in [0.2, 0.25) is 11.8 Å². The van der Waals surface area contributed by atoms with Crippen molar-refractivity contribution in [3.63, 3.8) is 0 Å². The average molecular weight is 673 g/mol. The van der Waals surface area contributed by atoms with E-state index in [2.05, 4.69) is 5.32 Å². The maximum Gasteiger partial charge on any atom is 0.264 e. The van der Waals surface area contributed by atoms with Gasteiger partial charge in [0, 0.05) is 19.5 Å². The second kappa shape index (κ2) is 15.4. The van der Waals surface area contributed by atoms with Crippen molar-refractivity contribution in [2.75, 3.05) is 17.4 Å². The van der Waals surface area contributed by atoms with Crippen LogP contribution in [0.4, 0.5) is 5.69 Å². The molecule has 0 bridgehead atoms. The Morgan fingerprint density at radius 3 is 2.05 bits per heavy atom. The first-order valence-electron chi connectivity index (χ1n) is 14.0. The van der Waals surface area contributed by atoms with Gasteiger partial charge >= 0.3 is 0 Å². The van der Waals surface area contributed by atoms with Crippen molar-refractivity contribution in [2.45, 2.75) is 37.2 Å². The number of amides is 2. The van der Waals surface area contributed by atoms with Gasteiger partial charge in [0.1, 0.15) is 12.6 Å². The molecule has 0 unspecified atom stereocenters. The fourth-order valence-corrected chi connectivity index (χ4v) is 6.70. The topological polar surface area (TPSA) is 86.8 Å². The summed E-state index contributed by atoms with van der Waals surface area (Å²) in [6, 6.07) is 27.5. The quantitative estimate of drug-likeness (QED) is 0.166. The maximum absolute atomic E-state index is 14.4. The van der Waals surface area contributed by atoms with Crippen LogP contribution in [0.3, 0.4) is 0 Å². The van der Waals surface area contributed by atoms with Gasteiger partial charge in [0.25, 0.3) is 10.0 Å². The number of hydrogen-bond donors (Lipinski definition) is 1. The molecule has 0 aliphatic carbocycles. The molecule has 44 heavy (non-hydrogen) atoms. The molecule has 1 atom stereocenters. The highest BCUT2D eigenvalue weighted by Gasteiger charge is 2.35. The van der Waals surface area contributed by atoms with Gasteiger partial charge in [-0.2, -0.15) is 0 Å². The minimum absolute atomic E-state index is 0.00900. The van der Waals surface area contributed by atoms with E-state index in [9.17, 15) is 18.0 Å². The minimum atomic E-state index is -4.25. The summed E-state index contributed by atoms with van der Waals surface area (Å²) in [6.07, 6.45) is 0.890. The van der Waals surface area contributed by atoms with Crippen LogP contribution in [0.25, 0.3) is 0 Å². The Morgan fingerprint density at radius 2 is 1.41 bits per heavy atom. The molecule has 0 aliphatic rings. The van der Waals surface area contributed by atoms with Crippen LogP contribution >= 0.6 is 34.8 Å². The van der Waals surface area contributed by atoms with Crippen LogP contribution < -0.4 is 9.62 Å². The zero-order chi connectivity index (χ0) is 31.7. The summed E-state index contributed by atoms with van der Waals surface area (Å²) >= 11 is 19.0. The lowest BCUT2D eigenvalue weighted by Crippen LogP contribution is -2.53. The molecule has 7 nitrogen and oxygen atoms in total. The Hall–Kier alpha value is -3.56. The fraction of sp³-hybridized carbons (Fsp3) is 0.212. The Labute approximate surface area is 273 Å². The van der Waals surface area contributed by atoms with E-state index in [-0.39, 0.29) is 39.5 Å². The number of para-hydroxylation sites is 1. The summed E-state index contributed by atoms with van der Waals surface area (Å²) in [5, 5.41) is 3.69. The van der Waals surface area contributed by atoms with E-state index in [0.717, 1.165) is 9.87 Å². The first-order chi connectivity index (χ1) is 21.1. The maximum atomic E-state index is 14.4. The van der Waals surface area contributed by atoms with Gasteiger partial charge in [-0.1, -0.05) is 108 Å². The number of nitrogens with zero attached hydrogens (tertiary/aromatic N) is 2. The Morgan fingerprint density at radius 1 is 0.773 bits per heavy atom. The molecule has 1 N–H and O–H groups in total. The summed E-state index contributed by atoms with van der Waals surface area (Å²) in [6.45, 7) is 1.69. The molecule has 0 saturated carbocycles. The van der Waals surface area contributed by atoms with E-state index in [0.29, 0.717) is 23.6 Å². The molecule has 11 heteroatoms. The molecule has 0 aromatic heterocycles. The van der Waals surface area contributed by atoms with Crippen molar-refractivity contribution >= 4 is 62.3 Å². The second-order valence-corrected chi connectivity index (χ2v) is 13.1. The molecule has 0 heterocycles. The van der Waals surface area contributed by atoms with Crippen molar-refractivity contribution in [3.8, 4) is 0 Å². The van der Waals surface area contributed by atoms with Gasteiger partial charge in [-0.25, -0.2) is 8.42 Å². The Balaban J connectivity index is 1.81. The highest BCUT2D eigenvalue weighted by Crippen LogP contribution is 2.31. The predicted octanol–water partition coefficient (Wildman–Crippen LogP) is 7.01. The van der Waals surface area contributed by atoms with Crippen LogP contribution in [-0.4, -0.2) is 44.3 Å². The number of carbonyl (C=O) groups is 2. The fourth-order valence-electron chi connectivity index (χ4n) is 4.64. The van der Waals surface area contributed by atoms with Gasteiger partial charge in [-0.3, -0.25) is 13.9 Å². The van der Waals surface area contributed by atoms with Crippen molar-refractivity contribution in [2.24, 2.45) is 0 Å². The number of halogens is 3. The SMILES string of the molecule is CCCNC(=O)[C@@H](Cc1ccccc1)N(Cc1ccc(Cl)c(Cl)c1)C(=O)CN(c1ccccc1Cl)S(=O)(=O)c1ccccc1. The smallest absolute Gasteiger partial charge is 0.264 e. The van der Waals surface area contributed by atoms with E-state index in [1.165, 1.54) is 23.1 Å². The predicted molar refractivity (Wildman–Crippen MR) is 177 cm³/mol. The van der Waals surface area contributed by atoms with Gasteiger partial charge in [-0.05, 0) is 53.9 Å². The molecule has 230 valence electrons. The van der Waals surface area contributed by atoms with Gasteiger partial charge < -0.3 is 10.2 Å². The van der Waals surface area contributed by atoms with Crippen LogP contribution in [0.15, 0.2) is 108 Å². The molecular weight excluding hydrogens is 641 g/mol. The highest BCUT2D eigenvalue weighted by atomic mass is 35.5. The second-order valence-electron chi connectivity index (χ2n) is 10.0. The molecule has 0 saturated heterocycles. The molecular formula is C33H32Cl3N3O4S. The molecule has 2 amide bonds. The Bertz CT molecular complexity index is 1690. The lowest BCUT2D eigenvalue weighted by atomic mass is 10.0. The van der Waals surface area contributed by atoms with E-state index < -0.39 is 28.5 Å². The van der Waals surface area contributed by atoms with E-state index in [4.69, 9.17) is 34.8 Å². The first-order valence-corrected chi connectivity index (χ1v) is 16.6. The average Bonchev–Trinajstić information content (AvgIpc) is 3.03. The number of anilines is 1. The van der Waals surface area contributed by atoms with Gasteiger partial charge in [0.15, 0.2) is 0 Å². The lowest BCUT2D eigenvalue weighted by molar-refractivity contribution is -0.140. The van der Waals surface area contributed by atoms with Gasteiger partial charge in [-0.15, -0.1) is 0 Å². The van der Waals surface area contributed by atoms with Crippen LogP contribution in [0, 0.1) is 0 Å². The van der Waals surface area contributed by atoms with E-state index >= 15 is 0 Å². The molecule has 4 rings (SSSR count). The van der Waals surface area contributed by atoms with Crippen LogP contribution in [-0.2, 0) is 32.6 Å². The highest BCUT2D eigenvalue weighted by molar-refractivity contribution is 7.92. The van der Waals surface area contributed by atoms with Crippen molar-refractivity contribution < 1.29 is 18.0 Å². The zero-order valence-corrected chi connectivity index (χ0v) is 27.1. The molecule has 4 aromatic carbocycles. The third kappa shape index (κ3) is 8.33. The minimum Gasteiger partial charge on any atom is -0.354 e. The summed E-state index contributed by atoms with van der Waals surface area (Å²) in [7, 11) is -4.25. The molecule has 0 fully saturated rings. The molecule has 4 aromatic rings. The Kier molecular flexibility index (Phi) is 11.7. The van der Waals surface area contributed by atoms with E-state index in [1.807, 2.05) is 37.3 Å². The molecule has 0 spiro atoms. The van der Waals surface area contributed by atoms with Crippen molar-refractivity contribution in [1.29, 1.82) is 0 Å². The number of carbonyl (C=O) groups excluding carboxylic acids is 2. The molecule has 0 radical (unpaired) electrons. The van der Waals surface area contributed by atoms with Gasteiger partial charge in [0.05, 0.1) is 25.7 Å². The van der Waals surface area contributed by atoms with Crippen molar-refractivity contribution in [3.05, 3.63) is 129 Å². The number of nitrogens with one attached hydrogen (secondary N) is 1. The van der Waals surface area contributed by atoms with Crippen LogP contribution in [0.1, 0.15) is 24.5 Å². The number of rotatable bonds is 13. The zero-order valence-electron chi connectivity index (χ0n) is 24.0. The first kappa shape index (κ1) is 33.3. The summed E-state index contributed by atoms with van der Waals surface area (Å²) < 4.78 is 29.0. The third-order valence-electron chi connectivity index (χ3n) is 6.89. The van der Waals surface area contributed by atoms with Crippen LogP contribution in [0.5, 0.6) is 0 Å². The van der Waals surface area contributed by atoms with Crippen molar-refractivity contribution in [1.82, 2.24) is 10.2 Å². The van der Waals surface area contributed by atoms with E-state index in [1.54, 1.807) is 54.6 Å². The lowest BCUT2D eigenvalue weighted by Gasteiger charge is -2.34. The largest absolute Gasteiger partial charge is 0.354 e. The third-order valence-corrected chi connectivity index (χ3v) is 9.72. The summed E-state index contributed by atoms with van der Waals surface area (Å²) in [5.74, 6) is -0.970. The number of sulfonamides is 1. The number of hydrogen-bond acceptors (Lipinski definition) is 4.